The normalized spacial score (nSPS) is 17.5. The van der Waals surface area contributed by atoms with Gasteiger partial charge in [-0.3, -0.25) is 9.97 Å². The lowest BCUT2D eigenvalue weighted by molar-refractivity contribution is 0.0530. The molecule has 0 bridgehead atoms. The van der Waals surface area contributed by atoms with Crippen LogP contribution in [0.5, 0.6) is 0 Å². The summed E-state index contributed by atoms with van der Waals surface area (Å²) in [7, 11) is 0. The second-order valence-corrected chi connectivity index (χ2v) is 14.0. The third-order valence-electron chi connectivity index (χ3n) is 9.80. The summed E-state index contributed by atoms with van der Waals surface area (Å²) in [6, 6.07) is 12.2. The Kier molecular flexibility index (Phi) is 12.1. The molecular formula is C39H50Cl2N4O2. The molecule has 2 N–H and O–H groups in total. The molecule has 2 atom stereocenters. The first-order valence-corrected chi connectivity index (χ1v) is 18.7. The molecular weight excluding hydrogens is 627 g/mol. The zero-order chi connectivity index (χ0) is 32.6. The Bertz CT molecular complexity index is 1540. The van der Waals surface area contributed by atoms with E-state index in [2.05, 4.69) is 36.6 Å². The number of aryl methyl sites for hydroxylation is 2. The highest BCUT2D eigenvalue weighted by Crippen LogP contribution is 2.37. The summed E-state index contributed by atoms with van der Waals surface area (Å²) >= 11 is 12.7. The van der Waals surface area contributed by atoms with Gasteiger partial charge in [0.15, 0.2) is 0 Å². The molecule has 2 aliphatic rings. The van der Waals surface area contributed by atoms with E-state index in [4.69, 9.17) is 42.6 Å². The predicted molar refractivity (Wildman–Crippen MR) is 198 cm³/mol. The van der Waals surface area contributed by atoms with Gasteiger partial charge in [0.1, 0.15) is 0 Å². The lowest BCUT2D eigenvalue weighted by atomic mass is 9.90. The Morgan fingerprint density at radius 2 is 1.06 bits per heavy atom. The van der Waals surface area contributed by atoms with Crippen LogP contribution in [0.15, 0.2) is 36.4 Å². The third kappa shape index (κ3) is 8.51. The van der Waals surface area contributed by atoms with Crippen molar-refractivity contribution in [3.63, 3.8) is 0 Å². The van der Waals surface area contributed by atoms with E-state index in [0.717, 1.165) is 110 Å². The van der Waals surface area contributed by atoms with Crippen LogP contribution < -0.4 is 10.6 Å². The van der Waals surface area contributed by atoms with E-state index >= 15 is 0 Å². The van der Waals surface area contributed by atoms with Crippen molar-refractivity contribution >= 4 is 56.4 Å². The minimum atomic E-state index is 0.274. The van der Waals surface area contributed by atoms with Crippen molar-refractivity contribution < 1.29 is 9.47 Å². The number of ether oxygens (including phenoxy) is 2. The van der Waals surface area contributed by atoms with Gasteiger partial charge in [-0.1, -0.05) is 55.3 Å². The number of halogens is 2. The molecule has 4 aromatic rings. The summed E-state index contributed by atoms with van der Waals surface area (Å²) in [5.74, 6) is 0. The van der Waals surface area contributed by atoms with E-state index in [1.165, 1.54) is 66.0 Å². The summed E-state index contributed by atoms with van der Waals surface area (Å²) in [4.78, 5) is 9.99. The van der Waals surface area contributed by atoms with Crippen molar-refractivity contribution in [2.75, 3.05) is 36.9 Å². The number of nitrogens with one attached hydrogen (secondary N) is 2. The topological polar surface area (TPSA) is 68.3 Å². The van der Waals surface area contributed by atoms with Gasteiger partial charge < -0.3 is 20.1 Å². The molecule has 0 saturated carbocycles. The quantitative estimate of drug-likeness (QED) is 0.115. The van der Waals surface area contributed by atoms with E-state index in [-0.39, 0.29) is 12.2 Å². The third-order valence-corrected chi connectivity index (χ3v) is 10.3. The number of aromatic nitrogens is 2. The standard InChI is InChI=1S/C39H50Cl2N4O2/c1-3-46-28-14-18-34-32(24-28)38(30-16-12-26(40)22-36(30)44-34)42-20-10-8-6-5-7-9-11-21-43-39-31-17-13-27(41)23-37(31)45-35-19-15-29(47-4-2)25-33(35)39/h12-13,16-17,22-23,28-29H,3-11,14-15,18-21,24-25H2,1-2H3,(H,42,44)(H,43,45). The van der Waals surface area contributed by atoms with Crippen LogP contribution in [0.1, 0.15) is 94.1 Å². The largest absolute Gasteiger partial charge is 0.384 e. The fourth-order valence-electron chi connectivity index (χ4n) is 7.49. The highest BCUT2D eigenvalue weighted by atomic mass is 35.5. The molecule has 8 heteroatoms. The van der Waals surface area contributed by atoms with Gasteiger partial charge in [0.05, 0.1) is 23.2 Å². The number of fused-ring (bicyclic) bond motifs is 4. The summed E-state index contributed by atoms with van der Waals surface area (Å²) in [5, 5.41) is 11.4. The first-order valence-electron chi connectivity index (χ1n) is 18.0. The van der Waals surface area contributed by atoms with Crippen molar-refractivity contribution in [2.24, 2.45) is 0 Å². The van der Waals surface area contributed by atoms with Gasteiger partial charge in [-0.25, -0.2) is 0 Å². The molecule has 6 rings (SSSR count). The molecule has 2 heterocycles. The Hall–Kier alpha value is -2.64. The van der Waals surface area contributed by atoms with Crippen molar-refractivity contribution in [2.45, 2.75) is 110 Å². The van der Waals surface area contributed by atoms with Crippen LogP contribution in [0.25, 0.3) is 21.8 Å². The molecule has 2 aliphatic carbocycles. The molecule has 252 valence electrons. The number of hydrogen-bond acceptors (Lipinski definition) is 6. The number of nitrogens with zero attached hydrogens (tertiary/aromatic N) is 2. The number of rotatable bonds is 16. The number of pyridine rings is 2. The summed E-state index contributed by atoms with van der Waals surface area (Å²) in [6.45, 7) is 7.61. The fourth-order valence-corrected chi connectivity index (χ4v) is 7.82. The van der Waals surface area contributed by atoms with E-state index in [1.807, 2.05) is 24.3 Å². The van der Waals surface area contributed by atoms with Gasteiger partial charge in [-0.2, -0.15) is 0 Å². The van der Waals surface area contributed by atoms with Crippen LogP contribution in [0, 0.1) is 0 Å². The average Bonchev–Trinajstić information content (AvgIpc) is 3.06. The molecule has 47 heavy (non-hydrogen) atoms. The number of hydrogen-bond donors (Lipinski definition) is 2. The van der Waals surface area contributed by atoms with E-state index in [9.17, 15) is 0 Å². The molecule has 0 aliphatic heterocycles. The first-order chi connectivity index (χ1) is 23.0. The molecule has 2 unspecified atom stereocenters. The maximum absolute atomic E-state index is 6.33. The van der Waals surface area contributed by atoms with Crippen LogP contribution >= 0.6 is 23.2 Å². The number of benzene rings is 2. The maximum Gasteiger partial charge on any atom is 0.0741 e. The van der Waals surface area contributed by atoms with Crippen LogP contribution in [0.3, 0.4) is 0 Å². The van der Waals surface area contributed by atoms with E-state index < -0.39 is 0 Å². The van der Waals surface area contributed by atoms with Gasteiger partial charge in [0, 0.05) is 93.9 Å². The molecule has 2 aromatic heterocycles. The van der Waals surface area contributed by atoms with Crippen LogP contribution in [0.4, 0.5) is 11.4 Å². The van der Waals surface area contributed by atoms with Crippen molar-refractivity contribution in [1.82, 2.24) is 9.97 Å². The molecule has 2 aromatic carbocycles. The van der Waals surface area contributed by atoms with E-state index in [1.54, 1.807) is 0 Å². The van der Waals surface area contributed by atoms with Gasteiger partial charge in [-0.15, -0.1) is 0 Å². The molecule has 0 fully saturated rings. The first kappa shape index (κ1) is 34.2. The van der Waals surface area contributed by atoms with Crippen LogP contribution in [0.2, 0.25) is 10.0 Å². The van der Waals surface area contributed by atoms with Gasteiger partial charge >= 0.3 is 0 Å². The van der Waals surface area contributed by atoms with Crippen molar-refractivity contribution in [3.05, 3.63) is 69.0 Å². The van der Waals surface area contributed by atoms with E-state index in [0.29, 0.717) is 0 Å². The molecule has 0 radical (unpaired) electrons. The Labute approximate surface area is 290 Å². The zero-order valence-corrected chi connectivity index (χ0v) is 29.6. The number of unbranched alkanes of at least 4 members (excludes halogenated alkanes) is 6. The Balaban J connectivity index is 0.950. The highest BCUT2D eigenvalue weighted by Gasteiger charge is 2.26. The molecule has 0 amide bonds. The minimum Gasteiger partial charge on any atom is -0.384 e. The summed E-state index contributed by atoms with van der Waals surface area (Å²) < 4.78 is 12.0. The SMILES string of the molecule is CCOC1CCc2nc3cc(Cl)ccc3c(NCCCCCCCCCNc3c4c(nc5cc(Cl)ccc35)CCC(OCC)C4)c2C1. The monoisotopic (exact) mass is 676 g/mol. The molecule has 0 saturated heterocycles. The summed E-state index contributed by atoms with van der Waals surface area (Å²) in [6.07, 6.45) is 15.0. The van der Waals surface area contributed by atoms with Crippen LogP contribution in [-0.4, -0.2) is 48.5 Å². The lowest BCUT2D eigenvalue weighted by Gasteiger charge is -2.27. The van der Waals surface area contributed by atoms with Gasteiger partial charge in [0.2, 0.25) is 0 Å². The lowest BCUT2D eigenvalue weighted by Crippen LogP contribution is -2.25. The fraction of sp³-hybridized carbons (Fsp3) is 0.538. The molecule has 6 nitrogen and oxygen atoms in total. The molecule has 0 spiro atoms. The van der Waals surface area contributed by atoms with Crippen LogP contribution in [-0.2, 0) is 35.2 Å². The Morgan fingerprint density at radius 3 is 1.49 bits per heavy atom. The zero-order valence-electron chi connectivity index (χ0n) is 28.1. The van der Waals surface area contributed by atoms with Gasteiger partial charge in [-0.05, 0) is 88.8 Å². The van der Waals surface area contributed by atoms with Crippen molar-refractivity contribution in [3.8, 4) is 0 Å². The van der Waals surface area contributed by atoms with Crippen molar-refractivity contribution in [1.29, 1.82) is 0 Å². The second kappa shape index (κ2) is 16.6. The second-order valence-electron chi connectivity index (χ2n) is 13.1. The number of anilines is 2. The summed E-state index contributed by atoms with van der Waals surface area (Å²) in [5.41, 5.74) is 9.50. The smallest absolute Gasteiger partial charge is 0.0741 e. The average molecular weight is 678 g/mol. The van der Waals surface area contributed by atoms with Gasteiger partial charge in [0.25, 0.3) is 0 Å². The minimum absolute atomic E-state index is 0.274. The maximum atomic E-state index is 6.33. The predicted octanol–water partition coefficient (Wildman–Crippen LogP) is 10.1. The highest BCUT2D eigenvalue weighted by molar-refractivity contribution is 6.31. The Morgan fingerprint density at radius 1 is 0.638 bits per heavy atom.